The Kier molecular flexibility index (Phi) is 4.30. The number of fused-ring (bicyclic) bond motifs is 4. The third-order valence-corrected chi connectivity index (χ3v) is 6.06. The van der Waals surface area contributed by atoms with E-state index in [0.29, 0.717) is 53.4 Å². The zero-order valence-corrected chi connectivity index (χ0v) is 16.2. The van der Waals surface area contributed by atoms with Gasteiger partial charge in [-0.15, -0.1) is 0 Å². The van der Waals surface area contributed by atoms with Gasteiger partial charge in [-0.3, -0.25) is 4.79 Å². The van der Waals surface area contributed by atoms with E-state index in [-0.39, 0.29) is 29.8 Å². The number of benzene rings is 1. The molecule has 3 aromatic rings. The summed E-state index contributed by atoms with van der Waals surface area (Å²) in [6.07, 6.45) is 0.664. The van der Waals surface area contributed by atoms with Crippen LogP contribution >= 0.6 is 0 Å². The van der Waals surface area contributed by atoms with Crippen molar-refractivity contribution in [1.82, 2.24) is 9.55 Å². The van der Waals surface area contributed by atoms with Crippen molar-refractivity contribution in [3.05, 3.63) is 61.9 Å². The molecule has 0 fully saturated rings. The molecule has 8 heteroatoms. The Morgan fingerprint density at radius 2 is 2.03 bits per heavy atom. The quantitative estimate of drug-likeness (QED) is 0.521. The van der Waals surface area contributed by atoms with Crippen LogP contribution in [0.2, 0.25) is 0 Å². The van der Waals surface area contributed by atoms with Gasteiger partial charge in [0.25, 0.3) is 5.56 Å². The minimum absolute atomic E-state index is 0.0570. The smallest absolute Gasteiger partial charge is 0.257 e. The van der Waals surface area contributed by atoms with Crippen LogP contribution in [0.3, 0.4) is 0 Å². The Labute approximate surface area is 169 Å². The van der Waals surface area contributed by atoms with Gasteiger partial charge in [0.05, 0.1) is 30.1 Å². The Morgan fingerprint density at radius 1 is 1.27 bits per heavy atom. The lowest BCUT2D eigenvalue weighted by molar-refractivity contribution is -0.115. The average molecular weight is 412 g/mol. The monoisotopic (exact) mass is 412 g/mol. The van der Waals surface area contributed by atoms with E-state index in [1.165, 1.54) is 11.7 Å². The highest BCUT2D eigenvalue weighted by Crippen LogP contribution is 2.41. The first-order chi connectivity index (χ1) is 14.5. The van der Waals surface area contributed by atoms with Gasteiger partial charge in [0.2, 0.25) is 0 Å². The average Bonchev–Trinajstić information content (AvgIpc) is 3.12. The van der Waals surface area contributed by atoms with Gasteiger partial charge < -0.3 is 19.2 Å². The number of aromatic nitrogens is 2. The highest BCUT2D eigenvalue weighted by Gasteiger charge is 2.32. The van der Waals surface area contributed by atoms with Crippen LogP contribution in [0.25, 0.3) is 22.3 Å². The van der Waals surface area contributed by atoms with E-state index >= 15 is 0 Å². The molecule has 0 saturated heterocycles. The molecule has 30 heavy (non-hydrogen) atoms. The van der Waals surface area contributed by atoms with Crippen molar-refractivity contribution >= 4 is 17.2 Å². The molecule has 0 bridgehead atoms. The fourth-order valence-electron chi connectivity index (χ4n) is 4.75. The van der Waals surface area contributed by atoms with Crippen LogP contribution in [-0.2, 0) is 35.5 Å². The number of methoxy groups -OCH3 is 1. The third kappa shape index (κ3) is 2.50. The van der Waals surface area contributed by atoms with E-state index in [0.717, 1.165) is 17.2 Å². The highest BCUT2D eigenvalue weighted by atomic mass is 19.2. The Bertz CT molecular complexity index is 1300. The van der Waals surface area contributed by atoms with Crippen LogP contribution in [-0.4, -0.2) is 28.1 Å². The first kappa shape index (κ1) is 19.0. The van der Waals surface area contributed by atoms with E-state index < -0.39 is 17.7 Å². The first-order valence-electron chi connectivity index (χ1n) is 9.67. The maximum absolute atomic E-state index is 14.4. The van der Waals surface area contributed by atoms with Gasteiger partial charge in [0, 0.05) is 40.8 Å². The van der Waals surface area contributed by atoms with E-state index in [9.17, 15) is 23.5 Å². The number of carbonyl (C=O) groups excluding carboxylic acids is 1. The van der Waals surface area contributed by atoms with Gasteiger partial charge in [-0.2, -0.15) is 0 Å². The molecular formula is C22H18F2N2O4. The molecule has 1 aliphatic carbocycles. The van der Waals surface area contributed by atoms with Crippen LogP contribution in [0.5, 0.6) is 0 Å². The maximum Gasteiger partial charge on any atom is 0.257 e. The first-order valence-corrected chi connectivity index (χ1v) is 9.67. The number of pyridine rings is 2. The molecule has 0 spiro atoms. The summed E-state index contributed by atoms with van der Waals surface area (Å²) in [7, 11) is 1.42. The van der Waals surface area contributed by atoms with Gasteiger partial charge in [-0.25, -0.2) is 13.8 Å². The maximum atomic E-state index is 14.4. The van der Waals surface area contributed by atoms with Gasteiger partial charge in [-0.1, -0.05) is 0 Å². The summed E-state index contributed by atoms with van der Waals surface area (Å²) in [5.74, 6) is -1.78. The SMILES string of the molecule is COCc1c(C(O)C=O)cc2n(c1=O)Cc1c-2nc2cc(F)c(F)c3c2c1CCC3. The zero-order chi connectivity index (χ0) is 21.2. The number of nitrogens with zero attached hydrogens (tertiary/aromatic N) is 2. The standard InChI is InChI=1S/C22H18F2N2O4/c1-30-9-14-12(18(28)8-27)5-17-21-13(7-26(17)22(14)29)10-3-2-4-11-19(10)16(25-21)6-15(23)20(11)24/h5-6,8,18,28H,2-4,7,9H2,1H3. The van der Waals surface area contributed by atoms with Crippen molar-refractivity contribution in [2.24, 2.45) is 0 Å². The third-order valence-electron chi connectivity index (χ3n) is 6.06. The molecule has 1 aliphatic heterocycles. The minimum atomic E-state index is -1.48. The molecule has 2 aromatic heterocycles. The van der Waals surface area contributed by atoms with Crippen LogP contribution < -0.4 is 5.56 Å². The molecule has 154 valence electrons. The summed E-state index contributed by atoms with van der Waals surface area (Å²) >= 11 is 0. The lowest BCUT2D eigenvalue weighted by Gasteiger charge is -2.20. The number of ether oxygens (including phenoxy) is 1. The molecule has 0 radical (unpaired) electrons. The molecule has 0 amide bonds. The molecule has 1 N–H and O–H groups in total. The number of aryl methyl sites for hydroxylation is 2. The molecular weight excluding hydrogens is 394 g/mol. The van der Waals surface area contributed by atoms with Gasteiger partial charge >= 0.3 is 0 Å². The molecule has 6 nitrogen and oxygen atoms in total. The van der Waals surface area contributed by atoms with Gasteiger partial charge in [0.1, 0.15) is 6.10 Å². The van der Waals surface area contributed by atoms with Crippen molar-refractivity contribution in [3.63, 3.8) is 0 Å². The number of aliphatic hydroxyl groups is 1. The Morgan fingerprint density at radius 3 is 2.77 bits per heavy atom. The summed E-state index contributed by atoms with van der Waals surface area (Å²) in [4.78, 5) is 28.9. The number of carbonyl (C=O) groups is 1. The van der Waals surface area contributed by atoms with Crippen LogP contribution in [0.1, 0.15) is 40.3 Å². The second-order valence-corrected chi connectivity index (χ2v) is 7.68. The lowest BCUT2D eigenvalue weighted by Crippen LogP contribution is -2.26. The number of hydrogen-bond donors (Lipinski definition) is 1. The molecule has 3 heterocycles. The fourth-order valence-corrected chi connectivity index (χ4v) is 4.75. The number of hydrogen-bond acceptors (Lipinski definition) is 5. The van der Waals surface area contributed by atoms with Crippen LogP contribution in [0.4, 0.5) is 8.78 Å². The number of rotatable bonds is 4. The predicted molar refractivity (Wildman–Crippen MR) is 104 cm³/mol. The lowest BCUT2D eigenvalue weighted by atomic mass is 9.86. The predicted octanol–water partition coefficient (Wildman–Crippen LogP) is 2.57. The van der Waals surface area contributed by atoms with Crippen molar-refractivity contribution in [2.75, 3.05) is 7.11 Å². The number of aldehydes is 1. The summed E-state index contributed by atoms with van der Waals surface area (Å²) in [6.45, 7) is 0.187. The topological polar surface area (TPSA) is 81.4 Å². The summed E-state index contributed by atoms with van der Waals surface area (Å²) in [6, 6.07) is 2.65. The molecule has 1 aromatic carbocycles. The molecule has 0 saturated carbocycles. The van der Waals surface area contributed by atoms with E-state index in [1.54, 1.807) is 6.07 Å². The summed E-state index contributed by atoms with van der Waals surface area (Å²) < 4.78 is 35.2. The largest absolute Gasteiger partial charge is 0.381 e. The van der Waals surface area contributed by atoms with Crippen LogP contribution in [0.15, 0.2) is 16.9 Å². The van der Waals surface area contributed by atoms with E-state index in [2.05, 4.69) is 4.98 Å². The molecule has 1 unspecified atom stereocenters. The fraction of sp³-hybridized carbons (Fsp3) is 0.318. The Balaban J connectivity index is 1.84. The van der Waals surface area contributed by atoms with Gasteiger partial charge in [-0.05, 0) is 30.9 Å². The summed E-state index contributed by atoms with van der Waals surface area (Å²) in [5, 5.41) is 10.8. The Hall–Kier alpha value is -2.97. The zero-order valence-electron chi connectivity index (χ0n) is 16.2. The molecule has 5 rings (SSSR count). The summed E-state index contributed by atoms with van der Waals surface area (Å²) in [5.41, 5.74) is 3.28. The van der Waals surface area contributed by atoms with E-state index in [4.69, 9.17) is 4.74 Å². The normalized spacial score (nSPS) is 15.2. The van der Waals surface area contributed by atoms with Crippen molar-refractivity contribution in [2.45, 2.75) is 38.5 Å². The second kappa shape index (κ2) is 6.78. The van der Waals surface area contributed by atoms with Crippen LogP contribution in [0, 0.1) is 11.6 Å². The molecule has 2 aliphatic rings. The minimum Gasteiger partial charge on any atom is -0.381 e. The van der Waals surface area contributed by atoms with Crippen molar-refractivity contribution in [3.8, 4) is 11.4 Å². The number of halogens is 2. The molecule has 1 atom stereocenters. The van der Waals surface area contributed by atoms with Crippen molar-refractivity contribution < 1.29 is 23.4 Å². The van der Waals surface area contributed by atoms with E-state index in [1.807, 2.05) is 0 Å². The highest BCUT2D eigenvalue weighted by molar-refractivity contribution is 5.91. The van der Waals surface area contributed by atoms with Gasteiger partial charge in [0.15, 0.2) is 17.9 Å². The van der Waals surface area contributed by atoms with Crippen molar-refractivity contribution in [1.29, 1.82) is 0 Å². The second-order valence-electron chi connectivity index (χ2n) is 7.68. The number of aliphatic hydroxyl groups excluding tert-OH is 1.